The summed E-state index contributed by atoms with van der Waals surface area (Å²) < 4.78 is 0. The highest BCUT2D eigenvalue weighted by atomic mass is 16.3. The molecule has 2 aliphatic carbocycles. The fourth-order valence-corrected chi connectivity index (χ4v) is 5.57. The maximum Gasteiger partial charge on any atom is 0.189 e. The minimum absolute atomic E-state index is 0.181. The normalized spacial score (nSPS) is 25.9. The first kappa shape index (κ1) is 37.5. The second kappa shape index (κ2) is 16.1. The number of aliphatic hydroxyl groups is 3. The number of carbonyl (C=O) groups excluding carboxylic acids is 2. The molecule has 0 bridgehead atoms. The molecule has 242 valence electrons. The first-order valence-electron chi connectivity index (χ1n) is 15.5. The lowest BCUT2D eigenvalue weighted by atomic mass is 9.69. The van der Waals surface area contributed by atoms with E-state index in [1.54, 1.807) is 13.8 Å². The Morgan fingerprint density at radius 3 is 1.51 bits per heavy atom. The molecule has 0 aromatic heterocycles. The van der Waals surface area contributed by atoms with E-state index in [-0.39, 0.29) is 11.2 Å². The molecule has 5 heteroatoms. The molecule has 1 unspecified atom stereocenters. The molecular formula is C40H52O5. The first-order chi connectivity index (χ1) is 20.9. The highest BCUT2D eigenvalue weighted by Gasteiger charge is 2.45. The minimum Gasteiger partial charge on any atom is -0.389 e. The Labute approximate surface area is 270 Å². The lowest BCUT2D eigenvalue weighted by Crippen LogP contribution is -2.49. The Balaban J connectivity index is 1.97. The van der Waals surface area contributed by atoms with Crippen LogP contribution in [0.15, 0.2) is 130 Å². The van der Waals surface area contributed by atoms with Gasteiger partial charge in [-0.25, -0.2) is 0 Å². The number of allylic oxidation sites excluding steroid dienone is 19. The largest absolute Gasteiger partial charge is 0.389 e. The van der Waals surface area contributed by atoms with Crippen molar-refractivity contribution in [3.63, 3.8) is 0 Å². The quantitative estimate of drug-likeness (QED) is 0.218. The molecule has 3 atom stereocenters. The Morgan fingerprint density at radius 1 is 0.622 bits per heavy atom. The van der Waals surface area contributed by atoms with Gasteiger partial charge in [-0.3, -0.25) is 9.59 Å². The number of hydrogen-bond acceptors (Lipinski definition) is 5. The lowest BCUT2D eigenvalue weighted by Gasteiger charge is -2.39. The average molecular weight is 613 g/mol. The summed E-state index contributed by atoms with van der Waals surface area (Å²) in [6.45, 7) is 19.3. The molecule has 0 saturated heterocycles. The van der Waals surface area contributed by atoms with Gasteiger partial charge in [0.25, 0.3) is 0 Å². The second-order valence-electron chi connectivity index (χ2n) is 13.4. The van der Waals surface area contributed by atoms with E-state index in [0.29, 0.717) is 17.6 Å². The summed E-state index contributed by atoms with van der Waals surface area (Å²) in [5, 5.41) is 30.5. The number of carbonyl (C=O) groups is 2. The standard InChI is InChI=1S/C40H52O5/c1-26(17-13-19-28(3)21-23-32-30(5)35(42)34(41)25-39(32,7)8)15-11-12-16-27(2)18-14-20-29(4)22-24-33-31(6)36(43)37(44)38(45)40(33,9)10/h11-24,34,37-38,41,44-45H,25H2,1-10H3/b12-11+,17-13+,18-14+,23-21+,24-22+,26-15+,27-16+,28-19+,29-20+/t34-,37+,38?/m0/s1. The zero-order chi connectivity index (χ0) is 34.1. The summed E-state index contributed by atoms with van der Waals surface area (Å²) in [5.41, 5.74) is 6.09. The lowest BCUT2D eigenvalue weighted by molar-refractivity contribution is -0.135. The van der Waals surface area contributed by atoms with E-state index in [1.165, 1.54) is 0 Å². The number of Topliss-reactive ketones (excluding diaryl/α,β-unsaturated/α-hetero) is 2. The van der Waals surface area contributed by atoms with Crippen molar-refractivity contribution in [2.45, 2.75) is 94.0 Å². The third-order valence-electron chi connectivity index (χ3n) is 8.58. The molecule has 0 saturated carbocycles. The summed E-state index contributed by atoms with van der Waals surface area (Å²) in [5.74, 6) is -0.609. The van der Waals surface area contributed by atoms with Crippen LogP contribution in [0.5, 0.6) is 0 Å². The third-order valence-corrected chi connectivity index (χ3v) is 8.58. The van der Waals surface area contributed by atoms with Crippen LogP contribution in [0.4, 0.5) is 0 Å². The topological polar surface area (TPSA) is 94.8 Å². The van der Waals surface area contributed by atoms with Crippen molar-refractivity contribution in [1.29, 1.82) is 0 Å². The Bertz CT molecular complexity index is 1490. The van der Waals surface area contributed by atoms with E-state index in [1.807, 2.05) is 127 Å². The summed E-state index contributed by atoms with van der Waals surface area (Å²) in [6.07, 6.45) is 24.9. The molecular weight excluding hydrogens is 560 g/mol. The minimum atomic E-state index is -1.38. The number of hydrogen-bond donors (Lipinski definition) is 3. The SMILES string of the molecule is CC1=C(/C=C/C(C)=C/C=C/C(C)=C/C=C/C=C(C)/C=C/C=C(C)/C=C/C2=C(C)C(=O)[C@@H](O)C(O)C2(C)C)C(C)(C)C[C@H](O)C1=O. The maximum absolute atomic E-state index is 12.3. The van der Waals surface area contributed by atoms with E-state index in [2.05, 4.69) is 13.8 Å². The van der Waals surface area contributed by atoms with Crippen LogP contribution in [-0.4, -0.2) is 45.2 Å². The Kier molecular flexibility index (Phi) is 13.4. The molecule has 45 heavy (non-hydrogen) atoms. The van der Waals surface area contributed by atoms with Gasteiger partial charge in [-0.1, -0.05) is 135 Å². The molecule has 0 spiro atoms. The molecule has 0 aromatic carbocycles. The van der Waals surface area contributed by atoms with Gasteiger partial charge < -0.3 is 15.3 Å². The summed E-state index contributed by atoms with van der Waals surface area (Å²) >= 11 is 0. The van der Waals surface area contributed by atoms with Gasteiger partial charge >= 0.3 is 0 Å². The summed E-state index contributed by atoms with van der Waals surface area (Å²) in [6, 6.07) is 0. The van der Waals surface area contributed by atoms with Crippen LogP contribution in [0.1, 0.15) is 75.7 Å². The van der Waals surface area contributed by atoms with E-state index in [0.717, 1.165) is 33.4 Å². The van der Waals surface area contributed by atoms with Crippen LogP contribution < -0.4 is 0 Å². The van der Waals surface area contributed by atoms with Crippen LogP contribution in [0.3, 0.4) is 0 Å². The molecule has 0 aromatic rings. The molecule has 3 N–H and O–H groups in total. The Hall–Kier alpha value is -3.64. The van der Waals surface area contributed by atoms with E-state index in [9.17, 15) is 24.9 Å². The maximum atomic E-state index is 12.3. The van der Waals surface area contributed by atoms with Gasteiger partial charge in [0.1, 0.15) is 12.2 Å². The predicted octanol–water partition coefficient (Wildman–Crippen LogP) is 7.88. The van der Waals surface area contributed by atoms with Crippen molar-refractivity contribution in [3.8, 4) is 0 Å². The first-order valence-corrected chi connectivity index (χ1v) is 15.5. The van der Waals surface area contributed by atoms with Crippen molar-refractivity contribution < 1.29 is 24.9 Å². The third kappa shape index (κ3) is 10.2. The van der Waals surface area contributed by atoms with Crippen molar-refractivity contribution in [2.75, 3.05) is 0 Å². The monoisotopic (exact) mass is 612 g/mol. The fraction of sp³-hybridized carbons (Fsp3) is 0.400. The van der Waals surface area contributed by atoms with E-state index < -0.39 is 29.5 Å². The number of rotatable bonds is 10. The second-order valence-corrected chi connectivity index (χ2v) is 13.4. The van der Waals surface area contributed by atoms with E-state index >= 15 is 0 Å². The molecule has 0 aliphatic heterocycles. The predicted molar refractivity (Wildman–Crippen MR) is 186 cm³/mol. The van der Waals surface area contributed by atoms with E-state index in [4.69, 9.17) is 0 Å². The van der Waals surface area contributed by atoms with Crippen LogP contribution in [0, 0.1) is 10.8 Å². The zero-order valence-corrected chi connectivity index (χ0v) is 28.7. The van der Waals surface area contributed by atoms with Crippen LogP contribution in [0.25, 0.3) is 0 Å². The van der Waals surface area contributed by atoms with Crippen molar-refractivity contribution in [1.82, 2.24) is 0 Å². The molecule has 0 heterocycles. The van der Waals surface area contributed by atoms with Gasteiger partial charge in [-0.2, -0.15) is 0 Å². The molecule has 2 rings (SSSR count). The fourth-order valence-electron chi connectivity index (χ4n) is 5.57. The van der Waals surface area contributed by atoms with Gasteiger partial charge in [0, 0.05) is 5.41 Å². The molecule has 0 radical (unpaired) electrons. The van der Waals surface area contributed by atoms with Crippen LogP contribution >= 0.6 is 0 Å². The molecule has 5 nitrogen and oxygen atoms in total. The highest BCUT2D eigenvalue weighted by Crippen LogP contribution is 2.41. The van der Waals surface area contributed by atoms with Crippen LogP contribution in [0.2, 0.25) is 0 Å². The van der Waals surface area contributed by atoms with Crippen molar-refractivity contribution >= 4 is 11.6 Å². The van der Waals surface area contributed by atoms with Crippen molar-refractivity contribution in [3.05, 3.63) is 130 Å². The summed E-state index contributed by atoms with van der Waals surface area (Å²) in [7, 11) is 0. The number of ketones is 2. The molecule has 0 fully saturated rings. The zero-order valence-electron chi connectivity index (χ0n) is 28.7. The average Bonchev–Trinajstić information content (AvgIpc) is 2.95. The Morgan fingerprint density at radius 2 is 1.02 bits per heavy atom. The van der Waals surface area contributed by atoms with Gasteiger partial charge in [0.05, 0.1) is 6.10 Å². The van der Waals surface area contributed by atoms with Gasteiger partial charge in [-0.05, 0) is 75.7 Å². The van der Waals surface area contributed by atoms with Crippen molar-refractivity contribution in [2.24, 2.45) is 10.8 Å². The van der Waals surface area contributed by atoms with Gasteiger partial charge in [0.2, 0.25) is 0 Å². The van der Waals surface area contributed by atoms with Crippen LogP contribution in [-0.2, 0) is 9.59 Å². The smallest absolute Gasteiger partial charge is 0.189 e. The highest BCUT2D eigenvalue weighted by molar-refractivity contribution is 6.01. The van der Waals surface area contributed by atoms with Gasteiger partial charge in [0.15, 0.2) is 11.6 Å². The molecule has 2 aliphatic rings. The molecule has 0 amide bonds. The summed E-state index contributed by atoms with van der Waals surface area (Å²) in [4.78, 5) is 24.5. The van der Waals surface area contributed by atoms with Gasteiger partial charge in [-0.15, -0.1) is 0 Å². The number of aliphatic hydroxyl groups excluding tert-OH is 3.